The van der Waals surface area contributed by atoms with Crippen molar-refractivity contribution in [2.24, 2.45) is 46.3 Å². The van der Waals surface area contributed by atoms with E-state index in [1.165, 1.54) is 7.11 Å². The summed E-state index contributed by atoms with van der Waals surface area (Å²) in [5.74, 6) is -0.0681. The fourth-order valence-corrected chi connectivity index (χ4v) is 11.2. The van der Waals surface area contributed by atoms with Crippen LogP contribution in [0.25, 0.3) is 0 Å². The first-order valence-corrected chi connectivity index (χ1v) is 17.8. The van der Waals surface area contributed by atoms with E-state index < -0.39 is 71.4 Å². The van der Waals surface area contributed by atoms with E-state index in [-0.39, 0.29) is 36.9 Å². The molecule has 10 nitrogen and oxygen atoms in total. The van der Waals surface area contributed by atoms with Crippen LogP contribution in [0, 0.1) is 46.3 Å². The van der Waals surface area contributed by atoms with E-state index in [0.717, 1.165) is 37.7 Å². The molecule has 17 atom stereocenters. The van der Waals surface area contributed by atoms with Gasteiger partial charge in [-0.25, -0.2) is 0 Å². The molecule has 7 N–H and O–H groups in total. The molecule has 1 heterocycles. The van der Waals surface area contributed by atoms with E-state index in [1.54, 1.807) is 0 Å². The number of rotatable bonds is 10. The molecular formula is C36H62O10. The number of aliphatic hydroxyl groups excluding tert-OH is 6. The Morgan fingerprint density at radius 3 is 2.28 bits per heavy atom. The number of hydrogen-bond acceptors (Lipinski definition) is 10. The Labute approximate surface area is 275 Å². The average molecular weight is 655 g/mol. The minimum Gasteiger partial charge on any atom is -0.393 e. The molecule has 0 aromatic rings. The summed E-state index contributed by atoms with van der Waals surface area (Å²) in [5, 5.41) is 78.2. The number of fused-ring (bicyclic) bond motifs is 5. The SMILES string of the molecule is CO[C@H]1[C@H](O[C@@H]2C=C3[C@H](O)C[C@@]4(O)[C@@H]5[C@@H](O)[C@H](O)[C@H]([C@H](C)CCC(CC(C)O)C(C)C)[C@@]5(C)CC[C@@H]4[C@@]3(C)CC2)OC[C@@H](O)[C@@H]1O. The van der Waals surface area contributed by atoms with Gasteiger partial charge in [-0.1, -0.05) is 47.1 Å². The molecule has 4 aliphatic carbocycles. The summed E-state index contributed by atoms with van der Waals surface area (Å²) in [7, 11) is 1.43. The number of methoxy groups -OCH3 is 1. The largest absolute Gasteiger partial charge is 0.393 e. The zero-order chi connectivity index (χ0) is 33.9. The van der Waals surface area contributed by atoms with Gasteiger partial charge in [0, 0.05) is 19.4 Å². The van der Waals surface area contributed by atoms with Crippen molar-refractivity contribution in [3.05, 3.63) is 11.6 Å². The highest BCUT2D eigenvalue weighted by molar-refractivity contribution is 5.33. The Hall–Kier alpha value is -0.660. The summed E-state index contributed by atoms with van der Waals surface area (Å²) in [6, 6.07) is 0. The van der Waals surface area contributed by atoms with E-state index in [2.05, 4.69) is 34.6 Å². The van der Waals surface area contributed by atoms with Crippen molar-refractivity contribution >= 4 is 0 Å². The van der Waals surface area contributed by atoms with Gasteiger partial charge < -0.3 is 50.0 Å². The van der Waals surface area contributed by atoms with Crippen molar-refractivity contribution in [2.75, 3.05) is 13.7 Å². The summed E-state index contributed by atoms with van der Waals surface area (Å²) >= 11 is 0. The quantitative estimate of drug-likeness (QED) is 0.174. The Morgan fingerprint density at radius 1 is 0.957 bits per heavy atom. The van der Waals surface area contributed by atoms with Crippen molar-refractivity contribution in [1.29, 1.82) is 0 Å². The predicted octanol–water partition coefficient (Wildman–Crippen LogP) is 2.53. The Bertz CT molecular complexity index is 1080. The minimum absolute atomic E-state index is 0.0709. The van der Waals surface area contributed by atoms with E-state index in [9.17, 15) is 35.7 Å². The van der Waals surface area contributed by atoms with Crippen molar-refractivity contribution in [2.45, 2.75) is 154 Å². The minimum atomic E-state index is -1.36. The average Bonchev–Trinajstić information content (AvgIpc) is 3.18. The van der Waals surface area contributed by atoms with Crippen LogP contribution in [-0.2, 0) is 14.2 Å². The molecule has 0 amide bonds. The van der Waals surface area contributed by atoms with Crippen LogP contribution >= 0.6 is 0 Å². The van der Waals surface area contributed by atoms with Gasteiger partial charge in [-0.2, -0.15) is 0 Å². The van der Waals surface area contributed by atoms with Crippen LogP contribution in [0.1, 0.15) is 92.9 Å². The van der Waals surface area contributed by atoms with Gasteiger partial charge >= 0.3 is 0 Å². The molecule has 0 aromatic carbocycles. The third-order valence-electron chi connectivity index (χ3n) is 13.5. The van der Waals surface area contributed by atoms with Gasteiger partial charge in [-0.05, 0) is 91.4 Å². The maximum Gasteiger partial charge on any atom is 0.187 e. The Kier molecular flexibility index (Phi) is 10.8. The van der Waals surface area contributed by atoms with Crippen LogP contribution in [0.2, 0.25) is 0 Å². The zero-order valence-electron chi connectivity index (χ0n) is 29.0. The molecule has 266 valence electrons. The molecule has 10 heteroatoms. The second-order valence-corrected chi connectivity index (χ2v) is 16.6. The van der Waals surface area contributed by atoms with Gasteiger partial charge in [0.1, 0.15) is 18.3 Å². The monoisotopic (exact) mass is 654 g/mol. The molecule has 0 aromatic heterocycles. The summed E-state index contributed by atoms with van der Waals surface area (Å²) in [6.07, 6.45) is -0.432. The van der Waals surface area contributed by atoms with E-state index in [4.69, 9.17) is 14.2 Å². The fourth-order valence-electron chi connectivity index (χ4n) is 11.2. The summed E-state index contributed by atoms with van der Waals surface area (Å²) in [5.41, 5.74) is -1.57. The molecule has 0 bridgehead atoms. The molecule has 0 radical (unpaired) electrons. The summed E-state index contributed by atoms with van der Waals surface area (Å²) in [6.45, 7) is 12.5. The predicted molar refractivity (Wildman–Crippen MR) is 171 cm³/mol. The standard InChI is InChI=1S/C36H62O10/c1-18(2)21(14-20(4)37)9-8-19(3)27-29(41)30(42)32-35(27,6)13-11-26-34(5)12-10-22(15-23(34)24(38)16-36(26,32)43)46-33-31(44-7)28(40)25(39)17-45-33/h15,18-22,24-33,37-43H,8-14,16-17H2,1-7H3/t19-,20?,21?,22+,24-,25-,26-,27+,28+,29-,30+,31-,32-,33+,34+,35-,36+/m1/s1. The molecule has 2 unspecified atom stereocenters. The third-order valence-corrected chi connectivity index (χ3v) is 13.5. The molecule has 3 saturated carbocycles. The number of hydrogen-bond donors (Lipinski definition) is 7. The normalized spacial score (nSPS) is 49.5. The van der Waals surface area contributed by atoms with Crippen LogP contribution < -0.4 is 0 Å². The first-order valence-electron chi connectivity index (χ1n) is 17.8. The van der Waals surface area contributed by atoms with Crippen LogP contribution in [0.3, 0.4) is 0 Å². The molecule has 5 rings (SSSR count). The van der Waals surface area contributed by atoms with Crippen molar-refractivity contribution in [3.8, 4) is 0 Å². The lowest BCUT2D eigenvalue weighted by atomic mass is 9.43. The smallest absolute Gasteiger partial charge is 0.187 e. The van der Waals surface area contributed by atoms with Crippen LogP contribution in [0.4, 0.5) is 0 Å². The van der Waals surface area contributed by atoms with Crippen molar-refractivity contribution in [3.63, 3.8) is 0 Å². The number of ether oxygens (including phenoxy) is 3. The Balaban J connectivity index is 1.36. The maximum atomic E-state index is 12.7. The highest BCUT2D eigenvalue weighted by atomic mass is 16.7. The third kappa shape index (κ3) is 6.16. The van der Waals surface area contributed by atoms with Crippen molar-refractivity contribution < 1.29 is 50.0 Å². The highest BCUT2D eigenvalue weighted by Gasteiger charge is 2.72. The highest BCUT2D eigenvalue weighted by Crippen LogP contribution is 2.69. The molecule has 5 aliphatic rings. The van der Waals surface area contributed by atoms with Gasteiger partial charge in [0.2, 0.25) is 0 Å². The van der Waals surface area contributed by atoms with Crippen molar-refractivity contribution in [1.82, 2.24) is 0 Å². The fraction of sp³-hybridized carbons (Fsp3) is 0.944. The first-order chi connectivity index (χ1) is 21.5. The second kappa shape index (κ2) is 13.6. The lowest BCUT2D eigenvalue weighted by Crippen LogP contribution is -2.66. The topological polar surface area (TPSA) is 169 Å². The van der Waals surface area contributed by atoms with Gasteiger partial charge in [0.25, 0.3) is 0 Å². The lowest BCUT2D eigenvalue weighted by molar-refractivity contribution is -0.285. The summed E-state index contributed by atoms with van der Waals surface area (Å²) < 4.78 is 17.3. The number of aliphatic hydroxyl groups is 7. The van der Waals surface area contributed by atoms with Gasteiger partial charge in [-0.15, -0.1) is 0 Å². The molecule has 0 spiro atoms. The Morgan fingerprint density at radius 2 is 1.65 bits per heavy atom. The zero-order valence-corrected chi connectivity index (χ0v) is 29.0. The van der Waals surface area contributed by atoms with Crippen LogP contribution in [0.5, 0.6) is 0 Å². The second-order valence-electron chi connectivity index (χ2n) is 16.6. The van der Waals surface area contributed by atoms with E-state index >= 15 is 0 Å². The molecule has 1 saturated heterocycles. The first kappa shape index (κ1) is 36.6. The molecular weight excluding hydrogens is 592 g/mol. The van der Waals surface area contributed by atoms with Gasteiger partial charge in [0.05, 0.1) is 42.7 Å². The van der Waals surface area contributed by atoms with Gasteiger partial charge in [0.15, 0.2) is 6.29 Å². The maximum absolute atomic E-state index is 12.7. The van der Waals surface area contributed by atoms with E-state index in [1.807, 2.05) is 13.0 Å². The lowest BCUT2D eigenvalue weighted by Gasteiger charge is -2.64. The van der Waals surface area contributed by atoms with Crippen LogP contribution in [-0.4, -0.2) is 110 Å². The molecule has 1 aliphatic heterocycles. The van der Waals surface area contributed by atoms with Crippen LogP contribution in [0.15, 0.2) is 11.6 Å². The summed E-state index contributed by atoms with van der Waals surface area (Å²) in [4.78, 5) is 0. The molecule has 4 fully saturated rings. The van der Waals surface area contributed by atoms with Gasteiger partial charge in [-0.3, -0.25) is 0 Å². The molecule has 46 heavy (non-hydrogen) atoms. The van der Waals surface area contributed by atoms with E-state index in [0.29, 0.717) is 24.7 Å².